The first kappa shape index (κ1) is 39.7. The number of Topliss-reactive ketones (excluding diaryl/α,β-unsaturated/α-hetero) is 1. The third-order valence-electron chi connectivity index (χ3n) is 8.27. The molecule has 0 fully saturated rings. The van der Waals surface area contributed by atoms with Crippen LogP contribution in [0.3, 0.4) is 0 Å². The van der Waals surface area contributed by atoms with Crippen LogP contribution in [-0.2, 0) is 48.3 Å². The average molecular weight is 701 g/mol. The van der Waals surface area contributed by atoms with Gasteiger partial charge in [-0.1, -0.05) is 128 Å². The number of fused-ring (bicyclic) bond motifs is 4. The Kier molecular flexibility index (Phi) is 15.3. The summed E-state index contributed by atoms with van der Waals surface area (Å²) >= 11 is 0. The van der Waals surface area contributed by atoms with Crippen molar-refractivity contribution in [1.29, 1.82) is 0 Å². The number of allylic oxidation sites excluding steroid dienone is 6. The van der Waals surface area contributed by atoms with Crippen LogP contribution in [0, 0.1) is 13.1 Å². The molecule has 0 atom stereocenters. The maximum absolute atomic E-state index is 12.2. The average Bonchev–Trinajstić information content (AvgIpc) is 3.41. The van der Waals surface area contributed by atoms with Crippen molar-refractivity contribution in [3.63, 3.8) is 0 Å². The van der Waals surface area contributed by atoms with Crippen molar-refractivity contribution in [2.45, 2.75) is 73.1 Å². The molecule has 4 aromatic carbocycles. The van der Waals surface area contributed by atoms with E-state index in [2.05, 4.69) is 137 Å². The van der Waals surface area contributed by atoms with Gasteiger partial charge in [0, 0.05) is 62.0 Å². The Morgan fingerprint density at radius 3 is 2.04 bits per heavy atom. The van der Waals surface area contributed by atoms with Gasteiger partial charge < -0.3 is 9.48 Å². The van der Waals surface area contributed by atoms with Gasteiger partial charge in [0.2, 0.25) is 0 Å². The Morgan fingerprint density at radius 2 is 1.45 bits per heavy atom. The van der Waals surface area contributed by atoms with Crippen molar-refractivity contribution in [1.82, 2.24) is 0 Å². The van der Waals surface area contributed by atoms with Crippen molar-refractivity contribution in [2.75, 3.05) is 11.4 Å². The van der Waals surface area contributed by atoms with E-state index in [1.54, 1.807) is 6.92 Å². The normalized spacial score (nSPS) is 15.9. The fraction of sp³-hybridized carbons (Fsp3) is 0.279. The number of ketones is 1. The summed E-state index contributed by atoms with van der Waals surface area (Å²) < 4.78 is 2.04. The van der Waals surface area contributed by atoms with Gasteiger partial charge in [0.1, 0.15) is 11.5 Å². The van der Waals surface area contributed by atoms with E-state index in [1.165, 1.54) is 27.6 Å². The molecule has 0 saturated carbocycles. The van der Waals surface area contributed by atoms with Crippen LogP contribution in [-0.4, -0.2) is 22.6 Å². The van der Waals surface area contributed by atoms with E-state index in [0.717, 1.165) is 17.1 Å². The monoisotopic (exact) mass is 700 g/mol. The Balaban J connectivity index is 0.000000612. The molecule has 0 unspecified atom stereocenters. The van der Waals surface area contributed by atoms with Crippen LogP contribution in [0.15, 0.2) is 127 Å². The summed E-state index contributed by atoms with van der Waals surface area (Å²) in [6, 6.07) is 33.8. The largest absolute Gasteiger partial charge is 0.337 e. The van der Waals surface area contributed by atoms with Gasteiger partial charge in [-0.25, -0.2) is 0 Å². The van der Waals surface area contributed by atoms with Gasteiger partial charge in [-0.2, -0.15) is 36.4 Å². The van der Waals surface area contributed by atoms with Crippen molar-refractivity contribution in [2.24, 2.45) is 0 Å². The standard InChI is InChI=1S/C33H34N2O.C6H5.2C2H6.Y/c1-23(36)22-35-28-21-20-24-14-10-11-15-25(24)31(28)33(4,5)30(35)19-9-7-8-18-29-32(2,3)26-16-12-13-17-27(26)34(29)6;1-2-4-6-5-3-1;2*1-2;/h7-21H,6,22H2,1-5H3;1-5H;2*1-2H3;/q;-1;;;. The predicted octanol–water partition coefficient (Wildman–Crippen LogP) is 10.9. The third kappa shape index (κ3) is 8.69. The van der Waals surface area contributed by atoms with Crippen LogP contribution < -0.4 is 4.90 Å². The van der Waals surface area contributed by atoms with E-state index in [9.17, 15) is 4.79 Å². The predicted molar refractivity (Wildman–Crippen MR) is 199 cm³/mol. The molecule has 6 rings (SSSR count). The van der Waals surface area contributed by atoms with Crippen molar-refractivity contribution in [3.8, 4) is 0 Å². The topological polar surface area (TPSA) is 23.3 Å². The SMILES string of the molecule is CC.CC.[CH2-][N+]1=C(C=CC=CC=C2N(CC(C)=O)c3ccc4ccccc4c3C2(C)C)C(C)(C)c2ccccc21.[Y].[c-]1ccccc1. The third-order valence-corrected chi connectivity index (χ3v) is 8.27. The fourth-order valence-electron chi connectivity index (χ4n) is 6.27. The van der Waals surface area contributed by atoms with Gasteiger partial charge in [-0.05, 0) is 47.0 Å². The number of anilines is 1. The Morgan fingerprint density at radius 1 is 0.809 bits per heavy atom. The summed E-state index contributed by atoms with van der Waals surface area (Å²) in [6.45, 7) is 19.0. The maximum atomic E-state index is 12.2. The second-order valence-electron chi connectivity index (χ2n) is 11.9. The molecule has 0 aromatic heterocycles. The van der Waals surface area contributed by atoms with Crippen molar-refractivity contribution >= 4 is 33.6 Å². The number of hydrogen-bond acceptors (Lipinski definition) is 2. The molecule has 0 bridgehead atoms. The van der Waals surface area contributed by atoms with Crippen molar-refractivity contribution < 1.29 is 42.1 Å². The second-order valence-corrected chi connectivity index (χ2v) is 11.9. The van der Waals surface area contributed by atoms with E-state index in [1.807, 2.05) is 62.6 Å². The zero-order valence-corrected chi connectivity index (χ0v) is 32.7. The fourth-order valence-corrected chi connectivity index (χ4v) is 6.27. The quantitative estimate of drug-likeness (QED) is 0.118. The minimum atomic E-state index is -0.228. The van der Waals surface area contributed by atoms with Crippen LogP contribution in [0.25, 0.3) is 10.8 Å². The zero-order valence-electron chi connectivity index (χ0n) is 29.8. The summed E-state index contributed by atoms with van der Waals surface area (Å²) in [7, 11) is 4.29. The minimum Gasteiger partial charge on any atom is -0.337 e. The number of para-hydroxylation sites is 1. The van der Waals surface area contributed by atoms with Crippen LogP contribution in [0.5, 0.6) is 0 Å². The Hall–Kier alpha value is -3.53. The number of rotatable bonds is 5. The van der Waals surface area contributed by atoms with Gasteiger partial charge in [0.05, 0.1) is 12.3 Å². The van der Waals surface area contributed by atoms with Gasteiger partial charge in [-0.15, -0.1) is 0 Å². The summed E-state index contributed by atoms with van der Waals surface area (Å²) in [5, 5.41) is 2.47. The molecule has 0 saturated heterocycles. The molecule has 1 radical (unpaired) electrons. The number of nitrogens with zero attached hydrogens (tertiary/aromatic N) is 2. The minimum absolute atomic E-state index is 0. The Labute approximate surface area is 309 Å². The van der Waals surface area contributed by atoms with Gasteiger partial charge in [0.15, 0.2) is 0 Å². The first-order chi connectivity index (χ1) is 22.1. The summed E-state index contributed by atoms with van der Waals surface area (Å²) in [6.07, 6.45) is 10.5. The van der Waals surface area contributed by atoms with E-state index in [4.69, 9.17) is 0 Å². The molecule has 0 N–H and O–H groups in total. The van der Waals surface area contributed by atoms with E-state index >= 15 is 0 Å². The zero-order chi connectivity index (χ0) is 33.9. The van der Waals surface area contributed by atoms with Crippen LogP contribution in [0.1, 0.15) is 73.4 Å². The first-order valence-corrected chi connectivity index (χ1v) is 16.5. The second kappa shape index (κ2) is 18.1. The van der Waals surface area contributed by atoms with E-state index < -0.39 is 0 Å². The van der Waals surface area contributed by atoms with Gasteiger partial charge in [-0.3, -0.25) is 4.79 Å². The number of carbonyl (C=O) groups is 1. The molecular formula is C43H51N2OY-. The molecule has 2 heterocycles. The van der Waals surface area contributed by atoms with Crippen molar-refractivity contribution in [3.05, 3.63) is 151 Å². The summed E-state index contributed by atoms with van der Waals surface area (Å²) in [5.74, 6) is 0.150. The molecule has 47 heavy (non-hydrogen) atoms. The molecule has 2 aliphatic heterocycles. The molecular weight excluding hydrogens is 649 g/mol. The van der Waals surface area contributed by atoms with Gasteiger partial charge in [0.25, 0.3) is 0 Å². The molecule has 4 heteroatoms. The summed E-state index contributed by atoms with van der Waals surface area (Å²) in [4.78, 5) is 14.4. The molecule has 0 aliphatic carbocycles. The van der Waals surface area contributed by atoms with Crippen LogP contribution in [0.4, 0.5) is 11.4 Å². The van der Waals surface area contributed by atoms with E-state index in [-0.39, 0.29) is 49.3 Å². The number of carbonyl (C=O) groups excluding carboxylic acids is 1. The molecule has 3 nitrogen and oxygen atoms in total. The number of benzene rings is 4. The Bertz CT molecular complexity index is 1720. The molecule has 0 amide bonds. The maximum Gasteiger partial charge on any atom is 0.149 e. The molecule has 0 spiro atoms. The van der Waals surface area contributed by atoms with Crippen LogP contribution >= 0.6 is 0 Å². The smallest absolute Gasteiger partial charge is 0.149 e. The number of hydrogen-bond donors (Lipinski definition) is 0. The first-order valence-electron chi connectivity index (χ1n) is 16.5. The molecule has 2 aliphatic rings. The van der Waals surface area contributed by atoms with E-state index in [0.29, 0.717) is 6.54 Å². The van der Waals surface area contributed by atoms with Crippen LogP contribution in [0.2, 0.25) is 0 Å². The molecule has 243 valence electrons. The molecule has 4 aromatic rings. The summed E-state index contributed by atoms with van der Waals surface area (Å²) in [5.41, 5.74) is 6.83. The van der Waals surface area contributed by atoms with Gasteiger partial charge >= 0.3 is 0 Å².